The van der Waals surface area contributed by atoms with Crippen LogP contribution in [0.5, 0.6) is 0 Å². The van der Waals surface area contributed by atoms with Crippen LogP contribution in [0.25, 0.3) is 0 Å². The molecule has 23 heavy (non-hydrogen) atoms. The lowest BCUT2D eigenvalue weighted by molar-refractivity contribution is -0.116. The maximum Gasteiger partial charge on any atom is 0.224 e. The van der Waals surface area contributed by atoms with E-state index < -0.39 is 0 Å². The zero-order valence-corrected chi connectivity index (χ0v) is 12.8. The summed E-state index contributed by atoms with van der Waals surface area (Å²) >= 11 is 0. The number of hydrogen-bond acceptors (Lipinski definition) is 3. The Labute approximate surface area is 134 Å². The molecule has 0 radical (unpaired) electrons. The van der Waals surface area contributed by atoms with E-state index in [4.69, 9.17) is 4.42 Å². The van der Waals surface area contributed by atoms with Crippen LogP contribution in [0.2, 0.25) is 0 Å². The molecule has 118 valence electrons. The molecule has 1 amide bonds. The minimum Gasteiger partial charge on any atom is -0.469 e. The maximum atomic E-state index is 11.9. The molecule has 1 aromatic carbocycles. The molecule has 5 heteroatoms. The predicted octanol–water partition coefficient (Wildman–Crippen LogP) is 3.29. The summed E-state index contributed by atoms with van der Waals surface area (Å²) in [6, 6.07) is 14.0. The number of aryl methyl sites for hydroxylation is 3. The van der Waals surface area contributed by atoms with Gasteiger partial charge in [0.25, 0.3) is 0 Å². The molecule has 0 aliphatic carbocycles. The van der Waals surface area contributed by atoms with Crippen LogP contribution in [0, 0.1) is 0 Å². The number of anilines is 1. The largest absolute Gasteiger partial charge is 0.469 e. The summed E-state index contributed by atoms with van der Waals surface area (Å²) in [5, 5.41) is 7.14. The number of furan rings is 1. The van der Waals surface area contributed by atoms with Crippen molar-refractivity contribution in [1.29, 1.82) is 0 Å². The summed E-state index contributed by atoms with van der Waals surface area (Å²) in [7, 11) is 0. The van der Waals surface area contributed by atoms with Gasteiger partial charge in [0.15, 0.2) is 0 Å². The summed E-state index contributed by atoms with van der Waals surface area (Å²) < 4.78 is 7.06. The van der Waals surface area contributed by atoms with Gasteiger partial charge < -0.3 is 9.73 Å². The first-order chi connectivity index (χ1) is 11.3. The van der Waals surface area contributed by atoms with Crippen LogP contribution >= 0.6 is 0 Å². The topological polar surface area (TPSA) is 60.1 Å². The number of rotatable bonds is 7. The molecule has 3 rings (SSSR count). The fourth-order valence-corrected chi connectivity index (χ4v) is 2.35. The lowest BCUT2D eigenvalue weighted by Gasteiger charge is -2.02. The van der Waals surface area contributed by atoms with Crippen molar-refractivity contribution >= 4 is 11.6 Å². The molecule has 2 heterocycles. The maximum absolute atomic E-state index is 11.9. The Hall–Kier alpha value is -2.82. The van der Waals surface area contributed by atoms with E-state index in [0.717, 1.165) is 24.4 Å². The number of nitrogens with one attached hydrogen (secondary N) is 1. The molecule has 2 aromatic heterocycles. The Morgan fingerprint density at radius 1 is 1.13 bits per heavy atom. The molecule has 0 saturated carbocycles. The van der Waals surface area contributed by atoms with Crippen molar-refractivity contribution in [3.05, 3.63) is 72.4 Å². The van der Waals surface area contributed by atoms with E-state index in [0.29, 0.717) is 12.8 Å². The predicted molar refractivity (Wildman–Crippen MR) is 88.0 cm³/mol. The molecule has 3 aromatic rings. The van der Waals surface area contributed by atoms with Crippen molar-refractivity contribution in [1.82, 2.24) is 9.78 Å². The third-order valence-electron chi connectivity index (χ3n) is 3.57. The fourth-order valence-electron chi connectivity index (χ4n) is 2.35. The van der Waals surface area contributed by atoms with E-state index in [1.54, 1.807) is 12.5 Å². The highest BCUT2D eigenvalue weighted by Gasteiger charge is 2.06. The fraction of sp³-hybridized carbons (Fsp3) is 0.222. The van der Waals surface area contributed by atoms with Gasteiger partial charge in [-0.2, -0.15) is 5.10 Å². The standard InChI is InChI=1S/C18H19N3O2/c22-18(9-8-17-7-4-12-23-17)20-16-13-19-21(14-16)11-10-15-5-2-1-3-6-15/h1-7,12-14H,8-11H2,(H,20,22). The number of carbonyl (C=O) groups is 1. The third kappa shape index (κ3) is 4.57. The van der Waals surface area contributed by atoms with E-state index in [1.807, 2.05) is 41.2 Å². The third-order valence-corrected chi connectivity index (χ3v) is 3.57. The van der Waals surface area contributed by atoms with Gasteiger partial charge in [0, 0.05) is 25.6 Å². The second-order valence-corrected chi connectivity index (χ2v) is 5.36. The number of amides is 1. The zero-order chi connectivity index (χ0) is 15.9. The normalized spacial score (nSPS) is 10.6. The monoisotopic (exact) mass is 309 g/mol. The number of nitrogens with zero attached hydrogens (tertiary/aromatic N) is 2. The summed E-state index contributed by atoms with van der Waals surface area (Å²) in [5.41, 5.74) is 1.99. The molecular weight excluding hydrogens is 290 g/mol. The summed E-state index contributed by atoms with van der Waals surface area (Å²) in [4.78, 5) is 11.9. The second-order valence-electron chi connectivity index (χ2n) is 5.36. The quantitative estimate of drug-likeness (QED) is 0.728. The molecule has 1 N–H and O–H groups in total. The summed E-state index contributed by atoms with van der Waals surface area (Å²) in [5.74, 6) is 0.780. The highest BCUT2D eigenvalue weighted by atomic mass is 16.3. The lowest BCUT2D eigenvalue weighted by atomic mass is 10.1. The Morgan fingerprint density at radius 2 is 2.00 bits per heavy atom. The first-order valence-corrected chi connectivity index (χ1v) is 7.68. The van der Waals surface area contributed by atoms with Crippen LogP contribution in [0.4, 0.5) is 5.69 Å². The molecule has 0 aliphatic rings. The number of aromatic nitrogens is 2. The van der Waals surface area contributed by atoms with Crippen molar-refractivity contribution in [2.24, 2.45) is 0 Å². The highest BCUT2D eigenvalue weighted by molar-refractivity contribution is 5.90. The first-order valence-electron chi connectivity index (χ1n) is 7.68. The van der Waals surface area contributed by atoms with Crippen LogP contribution in [-0.2, 0) is 24.2 Å². The van der Waals surface area contributed by atoms with E-state index in [9.17, 15) is 4.79 Å². The van der Waals surface area contributed by atoms with Gasteiger partial charge in [-0.15, -0.1) is 0 Å². The van der Waals surface area contributed by atoms with Gasteiger partial charge >= 0.3 is 0 Å². The van der Waals surface area contributed by atoms with Gasteiger partial charge in [0.05, 0.1) is 18.1 Å². The number of hydrogen-bond donors (Lipinski definition) is 1. The molecule has 5 nitrogen and oxygen atoms in total. The van der Waals surface area contributed by atoms with Gasteiger partial charge in [-0.25, -0.2) is 0 Å². The smallest absolute Gasteiger partial charge is 0.224 e. The van der Waals surface area contributed by atoms with E-state index in [-0.39, 0.29) is 5.91 Å². The SMILES string of the molecule is O=C(CCc1ccco1)Nc1cnn(CCc2ccccc2)c1. The number of carbonyl (C=O) groups excluding carboxylic acids is 1. The lowest BCUT2D eigenvalue weighted by Crippen LogP contribution is -2.11. The molecule has 0 bridgehead atoms. The molecule has 0 unspecified atom stereocenters. The van der Waals surface area contributed by atoms with Gasteiger partial charge in [-0.1, -0.05) is 30.3 Å². The first kappa shape index (κ1) is 15.1. The molecular formula is C18H19N3O2. The second kappa shape index (κ2) is 7.45. The van der Waals surface area contributed by atoms with Crippen molar-refractivity contribution in [2.75, 3.05) is 5.32 Å². The molecule has 0 fully saturated rings. The minimum absolute atomic E-state index is 0.0380. The summed E-state index contributed by atoms with van der Waals surface area (Å²) in [6.45, 7) is 0.784. The molecule has 0 atom stereocenters. The minimum atomic E-state index is -0.0380. The van der Waals surface area contributed by atoms with Gasteiger partial charge in [-0.05, 0) is 24.1 Å². The molecule has 0 aliphatic heterocycles. The van der Waals surface area contributed by atoms with Crippen LogP contribution in [0.15, 0.2) is 65.5 Å². The van der Waals surface area contributed by atoms with Crippen LogP contribution < -0.4 is 5.32 Å². The Balaban J connectivity index is 1.46. The highest BCUT2D eigenvalue weighted by Crippen LogP contribution is 2.09. The Bertz CT molecular complexity index is 733. The van der Waals surface area contributed by atoms with Crippen LogP contribution in [0.1, 0.15) is 17.7 Å². The van der Waals surface area contributed by atoms with Gasteiger partial charge in [-0.3, -0.25) is 9.48 Å². The molecule has 0 spiro atoms. The van der Waals surface area contributed by atoms with Gasteiger partial charge in [0.1, 0.15) is 5.76 Å². The van der Waals surface area contributed by atoms with E-state index in [2.05, 4.69) is 22.5 Å². The van der Waals surface area contributed by atoms with Crippen LogP contribution in [0.3, 0.4) is 0 Å². The van der Waals surface area contributed by atoms with Crippen molar-refractivity contribution in [3.63, 3.8) is 0 Å². The molecule has 0 saturated heterocycles. The number of benzene rings is 1. The van der Waals surface area contributed by atoms with Crippen LogP contribution in [-0.4, -0.2) is 15.7 Å². The van der Waals surface area contributed by atoms with Crippen molar-refractivity contribution in [3.8, 4) is 0 Å². The van der Waals surface area contributed by atoms with Crippen molar-refractivity contribution < 1.29 is 9.21 Å². The zero-order valence-electron chi connectivity index (χ0n) is 12.8. The van der Waals surface area contributed by atoms with E-state index in [1.165, 1.54) is 5.56 Å². The Morgan fingerprint density at radius 3 is 2.78 bits per heavy atom. The average Bonchev–Trinajstić information content (AvgIpc) is 3.24. The van der Waals surface area contributed by atoms with Crippen molar-refractivity contribution in [2.45, 2.75) is 25.8 Å². The average molecular weight is 309 g/mol. The van der Waals surface area contributed by atoms with Gasteiger partial charge in [0.2, 0.25) is 5.91 Å². The Kier molecular flexibility index (Phi) is 4.88. The van der Waals surface area contributed by atoms with E-state index >= 15 is 0 Å². The summed E-state index contributed by atoms with van der Waals surface area (Å²) in [6.07, 6.45) is 7.05.